The lowest BCUT2D eigenvalue weighted by Crippen LogP contribution is -2.42. The second-order valence-electron chi connectivity index (χ2n) is 5.49. The Morgan fingerprint density at radius 3 is 2.55 bits per heavy atom. The van der Waals surface area contributed by atoms with Crippen LogP contribution in [0.2, 0.25) is 0 Å². The molecule has 0 spiro atoms. The number of carbonyl (C=O) groups is 1. The summed E-state index contributed by atoms with van der Waals surface area (Å²) in [6, 6.07) is 3.57. The molecule has 0 aliphatic heterocycles. The van der Waals surface area contributed by atoms with Crippen LogP contribution in [0.15, 0.2) is 18.3 Å². The second-order valence-corrected chi connectivity index (χ2v) is 5.49. The lowest BCUT2D eigenvalue weighted by atomic mass is 10.1. The summed E-state index contributed by atoms with van der Waals surface area (Å²) in [6.45, 7) is 9.08. The van der Waals surface area contributed by atoms with Gasteiger partial charge in [-0.1, -0.05) is 6.92 Å². The topological polar surface area (TPSA) is 65.5 Å². The number of rotatable bonds is 7. The molecule has 1 aromatic rings. The lowest BCUT2D eigenvalue weighted by molar-refractivity contribution is 0.0311. The molecule has 5 heteroatoms. The van der Waals surface area contributed by atoms with E-state index in [0.717, 1.165) is 18.7 Å². The molecule has 1 rings (SSSR count). The van der Waals surface area contributed by atoms with Crippen LogP contribution in [0.4, 0.5) is 5.69 Å². The Kier molecular flexibility index (Phi) is 5.95. The van der Waals surface area contributed by atoms with Crippen molar-refractivity contribution in [2.24, 2.45) is 0 Å². The van der Waals surface area contributed by atoms with Crippen molar-refractivity contribution in [1.82, 2.24) is 9.88 Å². The fourth-order valence-corrected chi connectivity index (χ4v) is 1.85. The number of nitrogens with zero attached hydrogens (tertiary/aromatic N) is 2. The van der Waals surface area contributed by atoms with Gasteiger partial charge in [-0.25, -0.2) is 4.98 Å². The van der Waals surface area contributed by atoms with E-state index in [1.165, 1.54) is 0 Å². The molecule has 1 aromatic heterocycles. The van der Waals surface area contributed by atoms with Gasteiger partial charge in [-0.3, -0.25) is 4.79 Å². The van der Waals surface area contributed by atoms with Crippen molar-refractivity contribution in [2.45, 2.75) is 39.7 Å². The van der Waals surface area contributed by atoms with Gasteiger partial charge in [0.15, 0.2) is 0 Å². The van der Waals surface area contributed by atoms with E-state index in [4.69, 9.17) is 0 Å². The first kappa shape index (κ1) is 16.4. The number of amides is 1. The Hall–Kier alpha value is -1.62. The average molecular weight is 279 g/mol. The van der Waals surface area contributed by atoms with Crippen molar-refractivity contribution in [1.29, 1.82) is 0 Å². The number of hydrogen-bond acceptors (Lipinski definition) is 4. The number of nitrogens with one attached hydrogen (secondary N) is 1. The molecule has 0 saturated carbocycles. The molecule has 0 unspecified atom stereocenters. The summed E-state index contributed by atoms with van der Waals surface area (Å²) in [6.07, 6.45) is 2.71. The third-order valence-electron chi connectivity index (χ3n) is 2.81. The van der Waals surface area contributed by atoms with Crippen LogP contribution in [-0.2, 0) is 0 Å². The first-order valence-electron chi connectivity index (χ1n) is 7.09. The zero-order valence-corrected chi connectivity index (χ0v) is 12.8. The van der Waals surface area contributed by atoms with Crippen LogP contribution in [0.1, 0.15) is 44.6 Å². The highest BCUT2D eigenvalue weighted by molar-refractivity contribution is 5.92. The van der Waals surface area contributed by atoms with Crippen LogP contribution in [-0.4, -0.2) is 46.1 Å². The number of carbonyl (C=O) groups excluding carboxylic acids is 1. The van der Waals surface area contributed by atoms with Crippen molar-refractivity contribution in [3.8, 4) is 0 Å². The Balaban J connectivity index is 2.75. The zero-order valence-electron chi connectivity index (χ0n) is 12.8. The summed E-state index contributed by atoms with van der Waals surface area (Å²) in [7, 11) is 0. The number of hydrogen-bond donors (Lipinski definition) is 2. The molecule has 0 saturated heterocycles. The first-order valence-corrected chi connectivity index (χ1v) is 7.09. The summed E-state index contributed by atoms with van der Waals surface area (Å²) in [5.74, 6) is -0.156. The molecule has 1 amide bonds. The van der Waals surface area contributed by atoms with E-state index in [-0.39, 0.29) is 5.91 Å². The number of aliphatic hydroxyl groups is 1. The summed E-state index contributed by atoms with van der Waals surface area (Å²) in [5.41, 5.74) is 0.404. The fourth-order valence-electron chi connectivity index (χ4n) is 1.85. The van der Waals surface area contributed by atoms with Crippen molar-refractivity contribution < 1.29 is 9.90 Å². The molecular formula is C15H25N3O2. The maximum Gasteiger partial charge on any atom is 0.272 e. The van der Waals surface area contributed by atoms with Gasteiger partial charge in [0.05, 0.1) is 17.5 Å². The summed E-state index contributed by atoms with van der Waals surface area (Å²) >= 11 is 0. The fraction of sp³-hybridized carbons (Fsp3) is 0.600. The quantitative estimate of drug-likeness (QED) is 0.802. The monoisotopic (exact) mass is 279 g/mol. The van der Waals surface area contributed by atoms with E-state index >= 15 is 0 Å². The normalized spacial score (nSPS) is 11.2. The Morgan fingerprint density at radius 2 is 2.10 bits per heavy atom. The number of likely N-dealkylation sites (N-methyl/N-ethyl adjacent to an activating group) is 1. The van der Waals surface area contributed by atoms with Crippen LogP contribution in [0.25, 0.3) is 0 Å². The van der Waals surface area contributed by atoms with E-state index < -0.39 is 5.60 Å². The number of anilines is 1. The van der Waals surface area contributed by atoms with E-state index in [9.17, 15) is 9.90 Å². The van der Waals surface area contributed by atoms with E-state index in [0.29, 0.717) is 18.8 Å². The average Bonchev–Trinajstić information content (AvgIpc) is 2.41. The minimum atomic E-state index is -0.908. The number of pyridine rings is 1. The SMILES string of the molecule is CCCNc1ccc(C(=O)N(CC)CC(C)(C)O)nc1. The lowest BCUT2D eigenvalue weighted by Gasteiger charge is -2.27. The van der Waals surface area contributed by atoms with Crippen LogP contribution < -0.4 is 5.32 Å². The Morgan fingerprint density at radius 1 is 1.40 bits per heavy atom. The highest BCUT2D eigenvalue weighted by Gasteiger charge is 2.22. The molecule has 5 nitrogen and oxygen atoms in total. The van der Waals surface area contributed by atoms with E-state index in [1.54, 1.807) is 31.0 Å². The van der Waals surface area contributed by atoms with Gasteiger partial charge < -0.3 is 15.3 Å². The van der Waals surface area contributed by atoms with Crippen LogP contribution in [0.3, 0.4) is 0 Å². The molecule has 2 N–H and O–H groups in total. The number of aromatic nitrogens is 1. The second kappa shape index (κ2) is 7.24. The van der Waals surface area contributed by atoms with Crippen LogP contribution >= 0.6 is 0 Å². The Labute approximate surface area is 121 Å². The smallest absolute Gasteiger partial charge is 0.272 e. The molecule has 0 atom stereocenters. The van der Waals surface area contributed by atoms with Crippen molar-refractivity contribution >= 4 is 11.6 Å². The maximum absolute atomic E-state index is 12.3. The summed E-state index contributed by atoms with van der Waals surface area (Å²) in [5, 5.41) is 13.0. The maximum atomic E-state index is 12.3. The predicted octanol–water partition coefficient (Wildman–Crippen LogP) is 2.14. The van der Waals surface area contributed by atoms with Gasteiger partial charge in [-0.05, 0) is 39.3 Å². The summed E-state index contributed by atoms with van der Waals surface area (Å²) < 4.78 is 0. The van der Waals surface area contributed by atoms with Gasteiger partial charge in [-0.2, -0.15) is 0 Å². The van der Waals surface area contributed by atoms with Gasteiger partial charge in [-0.15, -0.1) is 0 Å². The molecule has 20 heavy (non-hydrogen) atoms. The van der Waals surface area contributed by atoms with E-state index in [1.807, 2.05) is 13.0 Å². The van der Waals surface area contributed by atoms with Crippen LogP contribution in [0, 0.1) is 0 Å². The molecule has 0 aliphatic carbocycles. The largest absolute Gasteiger partial charge is 0.389 e. The molecule has 0 aliphatic rings. The molecule has 0 bridgehead atoms. The standard InChI is InChI=1S/C15H25N3O2/c1-5-9-16-12-7-8-13(17-10-12)14(19)18(6-2)11-15(3,4)20/h7-8,10,16,20H,5-6,9,11H2,1-4H3. The molecule has 1 heterocycles. The highest BCUT2D eigenvalue weighted by Crippen LogP contribution is 2.11. The minimum absolute atomic E-state index is 0.156. The summed E-state index contributed by atoms with van der Waals surface area (Å²) in [4.78, 5) is 18.1. The minimum Gasteiger partial charge on any atom is -0.389 e. The van der Waals surface area contributed by atoms with Crippen molar-refractivity contribution in [3.05, 3.63) is 24.0 Å². The van der Waals surface area contributed by atoms with Crippen LogP contribution in [0.5, 0.6) is 0 Å². The van der Waals surface area contributed by atoms with Gasteiger partial charge in [0.2, 0.25) is 0 Å². The van der Waals surface area contributed by atoms with Gasteiger partial charge in [0, 0.05) is 19.6 Å². The molecular weight excluding hydrogens is 254 g/mol. The first-order chi connectivity index (χ1) is 9.37. The molecule has 112 valence electrons. The third-order valence-corrected chi connectivity index (χ3v) is 2.81. The third kappa shape index (κ3) is 5.17. The highest BCUT2D eigenvalue weighted by atomic mass is 16.3. The van der Waals surface area contributed by atoms with Crippen molar-refractivity contribution in [3.63, 3.8) is 0 Å². The predicted molar refractivity (Wildman–Crippen MR) is 80.9 cm³/mol. The van der Waals surface area contributed by atoms with E-state index in [2.05, 4.69) is 17.2 Å². The molecule has 0 fully saturated rings. The van der Waals surface area contributed by atoms with Gasteiger partial charge in [0.25, 0.3) is 5.91 Å². The van der Waals surface area contributed by atoms with Crippen molar-refractivity contribution in [2.75, 3.05) is 25.0 Å². The molecule has 0 aromatic carbocycles. The Bertz CT molecular complexity index is 424. The zero-order chi connectivity index (χ0) is 15.2. The van der Waals surface area contributed by atoms with Gasteiger partial charge in [0.1, 0.15) is 5.69 Å². The van der Waals surface area contributed by atoms with Gasteiger partial charge >= 0.3 is 0 Å². The molecule has 0 radical (unpaired) electrons.